The topological polar surface area (TPSA) is 56.5 Å². The van der Waals surface area contributed by atoms with Gasteiger partial charge in [0.05, 0.1) is 19.8 Å². The highest BCUT2D eigenvalue weighted by Gasteiger charge is 2.20. The SMILES string of the molecule is CCOc1ccccc1C(NN)c1ccc(C)cc1OC. The lowest BCUT2D eigenvalue weighted by molar-refractivity contribution is 0.333. The normalized spacial score (nSPS) is 12.0. The summed E-state index contributed by atoms with van der Waals surface area (Å²) in [6.45, 7) is 4.61. The quantitative estimate of drug-likeness (QED) is 0.633. The molecule has 0 saturated carbocycles. The highest BCUT2D eigenvalue weighted by Crippen LogP contribution is 2.34. The van der Waals surface area contributed by atoms with Gasteiger partial charge in [-0.15, -0.1) is 0 Å². The van der Waals surface area contributed by atoms with Crippen LogP contribution in [0.25, 0.3) is 0 Å². The summed E-state index contributed by atoms with van der Waals surface area (Å²) in [5, 5.41) is 0. The fourth-order valence-electron chi connectivity index (χ4n) is 2.41. The van der Waals surface area contributed by atoms with E-state index in [0.717, 1.165) is 28.2 Å². The molecule has 4 heteroatoms. The Labute approximate surface area is 125 Å². The number of aryl methyl sites for hydroxylation is 1. The van der Waals surface area contributed by atoms with Gasteiger partial charge >= 0.3 is 0 Å². The Balaban J connectivity index is 2.49. The van der Waals surface area contributed by atoms with Crippen molar-refractivity contribution in [1.82, 2.24) is 5.43 Å². The average Bonchev–Trinajstić information content (AvgIpc) is 2.51. The number of hydrogen-bond acceptors (Lipinski definition) is 4. The Morgan fingerprint density at radius 2 is 1.81 bits per heavy atom. The molecule has 0 heterocycles. The van der Waals surface area contributed by atoms with Gasteiger partial charge in [0.1, 0.15) is 11.5 Å². The molecule has 1 atom stereocenters. The van der Waals surface area contributed by atoms with Crippen LogP contribution in [-0.4, -0.2) is 13.7 Å². The van der Waals surface area contributed by atoms with E-state index in [-0.39, 0.29) is 6.04 Å². The van der Waals surface area contributed by atoms with Crippen LogP contribution in [0.3, 0.4) is 0 Å². The van der Waals surface area contributed by atoms with E-state index in [1.807, 2.05) is 56.3 Å². The monoisotopic (exact) mass is 286 g/mol. The Morgan fingerprint density at radius 1 is 1.10 bits per heavy atom. The molecule has 0 radical (unpaired) electrons. The third kappa shape index (κ3) is 3.35. The lowest BCUT2D eigenvalue weighted by atomic mass is 9.96. The maximum absolute atomic E-state index is 5.80. The van der Waals surface area contributed by atoms with E-state index < -0.39 is 0 Å². The van der Waals surface area contributed by atoms with Crippen LogP contribution in [0.5, 0.6) is 11.5 Å². The van der Waals surface area contributed by atoms with Crippen molar-refractivity contribution in [2.24, 2.45) is 5.84 Å². The predicted molar refractivity (Wildman–Crippen MR) is 84.5 cm³/mol. The van der Waals surface area contributed by atoms with Gasteiger partial charge in [0, 0.05) is 11.1 Å². The number of benzene rings is 2. The summed E-state index contributed by atoms with van der Waals surface area (Å²) in [6, 6.07) is 13.8. The van der Waals surface area contributed by atoms with Crippen LogP contribution >= 0.6 is 0 Å². The van der Waals surface area contributed by atoms with Gasteiger partial charge in [-0.25, -0.2) is 5.43 Å². The van der Waals surface area contributed by atoms with E-state index in [1.165, 1.54) is 0 Å². The standard InChI is InChI=1S/C17H22N2O2/c1-4-21-15-8-6-5-7-13(15)17(19-18)14-10-9-12(2)11-16(14)20-3/h5-11,17,19H,4,18H2,1-3H3. The van der Waals surface area contributed by atoms with Crippen molar-refractivity contribution in [2.75, 3.05) is 13.7 Å². The fraction of sp³-hybridized carbons (Fsp3) is 0.294. The van der Waals surface area contributed by atoms with Gasteiger partial charge in [-0.1, -0.05) is 30.3 Å². The van der Waals surface area contributed by atoms with Crippen LogP contribution in [-0.2, 0) is 0 Å². The van der Waals surface area contributed by atoms with E-state index in [4.69, 9.17) is 15.3 Å². The summed E-state index contributed by atoms with van der Waals surface area (Å²) in [5.74, 6) is 7.44. The lowest BCUT2D eigenvalue weighted by Gasteiger charge is -2.22. The first-order valence-electron chi connectivity index (χ1n) is 7.03. The largest absolute Gasteiger partial charge is 0.496 e. The van der Waals surface area contributed by atoms with Crippen LogP contribution in [0.2, 0.25) is 0 Å². The van der Waals surface area contributed by atoms with Crippen molar-refractivity contribution in [3.8, 4) is 11.5 Å². The molecule has 0 aliphatic rings. The molecule has 0 spiro atoms. The zero-order chi connectivity index (χ0) is 15.2. The van der Waals surface area contributed by atoms with Crippen molar-refractivity contribution >= 4 is 0 Å². The van der Waals surface area contributed by atoms with Crippen LogP contribution in [0.15, 0.2) is 42.5 Å². The van der Waals surface area contributed by atoms with Crippen molar-refractivity contribution in [3.63, 3.8) is 0 Å². The molecule has 21 heavy (non-hydrogen) atoms. The summed E-state index contributed by atoms with van der Waals surface area (Å²) in [4.78, 5) is 0. The summed E-state index contributed by atoms with van der Waals surface area (Å²) >= 11 is 0. The zero-order valence-corrected chi connectivity index (χ0v) is 12.7. The predicted octanol–water partition coefficient (Wildman–Crippen LogP) is 2.96. The average molecular weight is 286 g/mol. The maximum Gasteiger partial charge on any atom is 0.124 e. The molecule has 0 amide bonds. The first-order chi connectivity index (χ1) is 10.2. The molecule has 0 aliphatic heterocycles. The second kappa shape index (κ2) is 7.11. The van der Waals surface area contributed by atoms with Crippen LogP contribution < -0.4 is 20.7 Å². The first kappa shape index (κ1) is 15.4. The van der Waals surface area contributed by atoms with Gasteiger partial charge < -0.3 is 9.47 Å². The molecular formula is C17H22N2O2. The highest BCUT2D eigenvalue weighted by atomic mass is 16.5. The van der Waals surface area contributed by atoms with Crippen molar-refractivity contribution < 1.29 is 9.47 Å². The van der Waals surface area contributed by atoms with Crippen LogP contribution in [0, 0.1) is 6.92 Å². The molecule has 0 bridgehead atoms. The molecule has 2 rings (SSSR count). The van der Waals surface area contributed by atoms with Crippen molar-refractivity contribution in [1.29, 1.82) is 0 Å². The second-order valence-corrected chi connectivity index (χ2v) is 4.82. The molecule has 2 aromatic carbocycles. The zero-order valence-electron chi connectivity index (χ0n) is 12.7. The van der Waals surface area contributed by atoms with Gasteiger partial charge in [0.25, 0.3) is 0 Å². The molecule has 2 aromatic rings. The summed E-state index contributed by atoms with van der Waals surface area (Å²) in [5.41, 5.74) is 5.98. The van der Waals surface area contributed by atoms with Crippen LogP contribution in [0.1, 0.15) is 29.7 Å². The summed E-state index contributed by atoms with van der Waals surface area (Å²) in [7, 11) is 1.67. The number of nitrogens with two attached hydrogens (primary N) is 1. The molecule has 112 valence electrons. The molecule has 3 N–H and O–H groups in total. The second-order valence-electron chi connectivity index (χ2n) is 4.82. The van der Waals surface area contributed by atoms with Crippen molar-refractivity contribution in [2.45, 2.75) is 19.9 Å². The molecule has 0 saturated heterocycles. The van der Waals surface area contributed by atoms with E-state index in [2.05, 4.69) is 5.43 Å². The number of hydrazine groups is 1. The van der Waals surface area contributed by atoms with E-state index in [0.29, 0.717) is 6.61 Å². The first-order valence-corrected chi connectivity index (χ1v) is 7.03. The van der Waals surface area contributed by atoms with E-state index in [1.54, 1.807) is 7.11 Å². The smallest absolute Gasteiger partial charge is 0.124 e. The molecule has 1 unspecified atom stereocenters. The number of ether oxygens (including phenoxy) is 2. The Hall–Kier alpha value is -2.04. The minimum atomic E-state index is -0.191. The van der Waals surface area contributed by atoms with Gasteiger partial charge in [0.15, 0.2) is 0 Å². The minimum Gasteiger partial charge on any atom is -0.496 e. The Kier molecular flexibility index (Phi) is 5.20. The number of para-hydroxylation sites is 1. The molecular weight excluding hydrogens is 264 g/mol. The summed E-state index contributed by atoms with van der Waals surface area (Å²) < 4.78 is 11.2. The van der Waals surface area contributed by atoms with E-state index in [9.17, 15) is 0 Å². The van der Waals surface area contributed by atoms with Crippen LogP contribution in [0.4, 0.5) is 0 Å². The molecule has 0 aromatic heterocycles. The molecule has 0 aliphatic carbocycles. The number of nitrogens with one attached hydrogen (secondary N) is 1. The van der Waals surface area contributed by atoms with Gasteiger partial charge in [0.2, 0.25) is 0 Å². The third-order valence-corrected chi connectivity index (χ3v) is 3.40. The lowest BCUT2D eigenvalue weighted by Crippen LogP contribution is -2.29. The van der Waals surface area contributed by atoms with Gasteiger partial charge in [-0.2, -0.15) is 0 Å². The van der Waals surface area contributed by atoms with Gasteiger partial charge in [-0.3, -0.25) is 5.84 Å². The number of rotatable bonds is 6. The Morgan fingerprint density at radius 3 is 2.48 bits per heavy atom. The number of hydrogen-bond donors (Lipinski definition) is 2. The van der Waals surface area contributed by atoms with Crippen molar-refractivity contribution in [3.05, 3.63) is 59.2 Å². The van der Waals surface area contributed by atoms with E-state index >= 15 is 0 Å². The minimum absolute atomic E-state index is 0.191. The Bertz CT molecular complexity index is 599. The third-order valence-electron chi connectivity index (χ3n) is 3.40. The summed E-state index contributed by atoms with van der Waals surface area (Å²) in [6.07, 6.45) is 0. The maximum atomic E-state index is 5.80. The highest BCUT2D eigenvalue weighted by molar-refractivity contribution is 5.47. The molecule has 4 nitrogen and oxygen atoms in total. The fourth-order valence-corrected chi connectivity index (χ4v) is 2.41. The van der Waals surface area contributed by atoms with Gasteiger partial charge in [-0.05, 0) is 31.5 Å². The number of methoxy groups -OCH3 is 1. The molecule has 0 fully saturated rings.